The standard InChI is InChI=1S/C9H8N2O.C6H5N3/c1-7-6-9(12)11-5-3-2-4-8(11)10-7;1-2-6-7-4-5-9(6)8-3-1/h2-6H,1H3;1-5H. The van der Waals surface area contributed by atoms with Crippen molar-refractivity contribution in [2.24, 2.45) is 0 Å². The van der Waals surface area contributed by atoms with Gasteiger partial charge in [-0.2, -0.15) is 5.10 Å². The maximum atomic E-state index is 11.3. The van der Waals surface area contributed by atoms with Gasteiger partial charge in [-0.15, -0.1) is 0 Å². The van der Waals surface area contributed by atoms with Crippen LogP contribution < -0.4 is 5.56 Å². The largest absolute Gasteiger partial charge is 0.269 e. The third kappa shape index (κ3) is 2.79. The predicted molar refractivity (Wildman–Crippen MR) is 79.2 cm³/mol. The zero-order valence-corrected chi connectivity index (χ0v) is 11.4. The molecule has 4 aromatic heterocycles. The first-order valence-electron chi connectivity index (χ1n) is 6.43. The van der Waals surface area contributed by atoms with E-state index < -0.39 is 0 Å². The van der Waals surface area contributed by atoms with Crippen LogP contribution in [0.5, 0.6) is 0 Å². The van der Waals surface area contributed by atoms with Crippen molar-refractivity contribution in [2.75, 3.05) is 0 Å². The third-order valence-electron chi connectivity index (χ3n) is 2.87. The number of imidazole rings is 1. The van der Waals surface area contributed by atoms with E-state index in [0.717, 1.165) is 11.3 Å². The van der Waals surface area contributed by atoms with E-state index in [4.69, 9.17) is 0 Å². The van der Waals surface area contributed by atoms with Gasteiger partial charge in [0, 0.05) is 36.5 Å². The molecule has 4 rings (SSSR count). The van der Waals surface area contributed by atoms with Crippen molar-refractivity contribution in [1.29, 1.82) is 0 Å². The van der Waals surface area contributed by atoms with Crippen LogP contribution in [0, 0.1) is 6.92 Å². The number of pyridine rings is 1. The average molecular weight is 279 g/mol. The molecule has 0 aliphatic rings. The summed E-state index contributed by atoms with van der Waals surface area (Å²) in [5.74, 6) is 0. The van der Waals surface area contributed by atoms with E-state index in [2.05, 4.69) is 15.1 Å². The van der Waals surface area contributed by atoms with Crippen molar-refractivity contribution < 1.29 is 0 Å². The molecule has 0 radical (unpaired) electrons. The second kappa shape index (κ2) is 5.54. The molecule has 6 nitrogen and oxygen atoms in total. The monoisotopic (exact) mass is 279 g/mol. The van der Waals surface area contributed by atoms with E-state index in [1.807, 2.05) is 43.5 Å². The van der Waals surface area contributed by atoms with Crippen LogP contribution in [-0.4, -0.2) is 24.0 Å². The Labute approximate surface area is 120 Å². The summed E-state index contributed by atoms with van der Waals surface area (Å²) in [5.41, 5.74) is 2.31. The van der Waals surface area contributed by atoms with Gasteiger partial charge in [0.25, 0.3) is 5.56 Å². The summed E-state index contributed by atoms with van der Waals surface area (Å²) in [7, 11) is 0. The molecule has 0 aliphatic carbocycles. The van der Waals surface area contributed by atoms with Gasteiger partial charge < -0.3 is 0 Å². The molecule has 6 heteroatoms. The van der Waals surface area contributed by atoms with Gasteiger partial charge in [0.2, 0.25) is 0 Å². The second-order valence-corrected chi connectivity index (χ2v) is 4.42. The normalized spacial score (nSPS) is 10.3. The lowest BCUT2D eigenvalue weighted by molar-refractivity contribution is 0.936. The summed E-state index contributed by atoms with van der Waals surface area (Å²) in [6, 6.07) is 10.8. The van der Waals surface area contributed by atoms with Gasteiger partial charge in [-0.1, -0.05) is 6.07 Å². The molecule has 0 unspecified atom stereocenters. The van der Waals surface area contributed by atoms with E-state index >= 15 is 0 Å². The molecule has 4 heterocycles. The Bertz CT molecular complexity index is 911. The van der Waals surface area contributed by atoms with E-state index in [1.54, 1.807) is 23.1 Å². The van der Waals surface area contributed by atoms with Crippen LogP contribution >= 0.6 is 0 Å². The molecule has 0 amide bonds. The van der Waals surface area contributed by atoms with Crippen LogP contribution in [-0.2, 0) is 0 Å². The molecular formula is C15H13N5O. The molecule has 0 N–H and O–H groups in total. The number of aryl methyl sites for hydroxylation is 1. The van der Waals surface area contributed by atoms with Crippen LogP contribution in [0.2, 0.25) is 0 Å². The van der Waals surface area contributed by atoms with Gasteiger partial charge >= 0.3 is 0 Å². The highest BCUT2D eigenvalue weighted by molar-refractivity contribution is 5.37. The van der Waals surface area contributed by atoms with Gasteiger partial charge in [0.1, 0.15) is 5.65 Å². The molecule has 0 aromatic carbocycles. The minimum Gasteiger partial charge on any atom is -0.269 e. The molecule has 0 saturated carbocycles. The number of aromatic nitrogens is 5. The summed E-state index contributed by atoms with van der Waals surface area (Å²) in [6.45, 7) is 1.81. The first-order chi connectivity index (χ1) is 10.2. The van der Waals surface area contributed by atoms with Crippen molar-refractivity contribution in [1.82, 2.24) is 24.0 Å². The quantitative estimate of drug-likeness (QED) is 0.492. The van der Waals surface area contributed by atoms with E-state index in [0.29, 0.717) is 5.65 Å². The lowest BCUT2D eigenvalue weighted by atomic mass is 10.4. The van der Waals surface area contributed by atoms with Gasteiger partial charge in [-0.25, -0.2) is 14.5 Å². The van der Waals surface area contributed by atoms with Crippen LogP contribution in [0.15, 0.2) is 66.0 Å². The molecule has 0 atom stereocenters. The van der Waals surface area contributed by atoms with Gasteiger partial charge in [-0.3, -0.25) is 9.20 Å². The van der Waals surface area contributed by atoms with Gasteiger partial charge in [-0.05, 0) is 31.2 Å². The Hall–Kier alpha value is -3.02. The second-order valence-electron chi connectivity index (χ2n) is 4.42. The topological polar surface area (TPSA) is 64.6 Å². The SMILES string of the molecule is Cc1cc(=O)n2ccccc2n1.c1cnn2ccnc2c1. The molecule has 0 bridgehead atoms. The summed E-state index contributed by atoms with van der Waals surface area (Å²) < 4.78 is 3.24. The van der Waals surface area contributed by atoms with Crippen molar-refractivity contribution in [3.8, 4) is 0 Å². The third-order valence-corrected chi connectivity index (χ3v) is 2.87. The first-order valence-corrected chi connectivity index (χ1v) is 6.43. The average Bonchev–Trinajstić information content (AvgIpc) is 2.96. The van der Waals surface area contributed by atoms with Crippen LogP contribution in [0.4, 0.5) is 0 Å². The lowest BCUT2D eigenvalue weighted by Gasteiger charge is -1.98. The Morgan fingerprint density at radius 3 is 2.71 bits per heavy atom. The zero-order valence-electron chi connectivity index (χ0n) is 11.4. The van der Waals surface area contributed by atoms with Crippen LogP contribution in [0.3, 0.4) is 0 Å². The van der Waals surface area contributed by atoms with Crippen LogP contribution in [0.1, 0.15) is 5.69 Å². The number of hydrogen-bond acceptors (Lipinski definition) is 4. The summed E-state index contributed by atoms with van der Waals surface area (Å²) in [6.07, 6.45) is 6.98. The minimum absolute atomic E-state index is 0.0295. The molecule has 0 saturated heterocycles. The minimum atomic E-state index is -0.0295. The fourth-order valence-electron chi connectivity index (χ4n) is 1.94. The smallest absolute Gasteiger partial charge is 0.258 e. The van der Waals surface area contributed by atoms with Crippen LogP contribution in [0.25, 0.3) is 11.3 Å². The molecule has 4 aromatic rings. The van der Waals surface area contributed by atoms with E-state index in [9.17, 15) is 4.79 Å². The Balaban J connectivity index is 0.000000131. The first kappa shape index (κ1) is 13.0. The molecular weight excluding hydrogens is 266 g/mol. The predicted octanol–water partition coefficient (Wildman–Crippen LogP) is 1.73. The molecule has 21 heavy (non-hydrogen) atoms. The van der Waals surface area contributed by atoms with Crippen molar-refractivity contribution in [3.05, 3.63) is 77.2 Å². The van der Waals surface area contributed by atoms with Gasteiger partial charge in [0.05, 0.1) is 0 Å². The molecule has 0 spiro atoms. The maximum absolute atomic E-state index is 11.3. The highest BCUT2D eigenvalue weighted by atomic mass is 16.1. The number of hydrogen-bond donors (Lipinski definition) is 0. The summed E-state index contributed by atoms with van der Waals surface area (Å²) in [5, 5.41) is 4.00. The highest BCUT2D eigenvalue weighted by Crippen LogP contribution is 1.96. The fourth-order valence-corrected chi connectivity index (χ4v) is 1.94. The zero-order chi connectivity index (χ0) is 14.7. The Morgan fingerprint density at radius 2 is 1.86 bits per heavy atom. The van der Waals surface area contributed by atoms with E-state index in [-0.39, 0.29) is 5.56 Å². The Kier molecular flexibility index (Phi) is 3.42. The van der Waals surface area contributed by atoms with Crippen molar-refractivity contribution >= 4 is 11.3 Å². The molecule has 104 valence electrons. The van der Waals surface area contributed by atoms with E-state index in [1.165, 1.54) is 10.5 Å². The van der Waals surface area contributed by atoms with Gasteiger partial charge in [0.15, 0.2) is 5.65 Å². The summed E-state index contributed by atoms with van der Waals surface area (Å²) in [4.78, 5) is 19.5. The highest BCUT2D eigenvalue weighted by Gasteiger charge is 1.95. The number of nitrogens with zero attached hydrogens (tertiary/aromatic N) is 5. The molecule has 0 fully saturated rings. The number of rotatable bonds is 0. The molecule has 0 aliphatic heterocycles. The van der Waals surface area contributed by atoms with Crippen molar-refractivity contribution in [3.63, 3.8) is 0 Å². The van der Waals surface area contributed by atoms with Crippen molar-refractivity contribution in [2.45, 2.75) is 6.92 Å². The maximum Gasteiger partial charge on any atom is 0.258 e. The lowest BCUT2D eigenvalue weighted by Crippen LogP contribution is -2.13. The summed E-state index contributed by atoms with van der Waals surface area (Å²) >= 11 is 0. The number of fused-ring (bicyclic) bond motifs is 2. The Morgan fingerprint density at radius 1 is 1.00 bits per heavy atom. The fraction of sp³-hybridized carbons (Fsp3) is 0.0667.